The molecule has 0 spiro atoms. The number of hydrogen-bond acceptors (Lipinski definition) is 2. The van der Waals surface area contributed by atoms with Crippen molar-refractivity contribution in [3.05, 3.63) is 188 Å². The van der Waals surface area contributed by atoms with E-state index in [9.17, 15) is 5.48 Å². The largest absolute Gasteiger partial charge is 0.455 e. The summed E-state index contributed by atoms with van der Waals surface area (Å²) >= 11 is 0. The van der Waals surface area contributed by atoms with Gasteiger partial charge in [-0.25, -0.2) is 0 Å². The Morgan fingerprint density at radius 3 is 1.92 bits per heavy atom. The number of anilines is 3. The third-order valence-electron chi connectivity index (χ3n) is 8.63. The summed E-state index contributed by atoms with van der Waals surface area (Å²) in [6.07, 6.45) is 0. The number of rotatable bonds is 6. The van der Waals surface area contributed by atoms with Gasteiger partial charge in [-0.15, -0.1) is 0 Å². The molecule has 0 bridgehead atoms. The molecular weight excluding hydrogens is 583 g/mol. The minimum atomic E-state index is -0.598. The van der Waals surface area contributed by atoms with Crippen LogP contribution in [0.2, 0.25) is 0 Å². The van der Waals surface area contributed by atoms with Gasteiger partial charge in [0, 0.05) is 33.2 Å². The maximum atomic E-state index is 9.38. The molecule has 8 aromatic carbocycles. The molecule has 0 radical (unpaired) electrons. The summed E-state index contributed by atoms with van der Waals surface area (Å²) in [6, 6.07) is 37.4. The standard InChI is InChI=1S/C46H31NO/c1-3-11-32(12-4-1)33-21-23-34(24-22-33)35-25-28-39(29-26-35)47(38-15-5-2-6-16-38)40-17-9-14-37(31-40)41-19-10-20-44-45(41)43-30-27-36-13-7-8-18-42(36)46(43)48-44/h1-31H/i2D,5D,6D,15D,16D,25D,26D,28D,29D. The zero-order chi connectivity index (χ0) is 39.7. The minimum Gasteiger partial charge on any atom is -0.455 e. The first kappa shape index (κ1) is 20.0. The Balaban J connectivity index is 1.26. The van der Waals surface area contributed by atoms with Crippen LogP contribution in [0.5, 0.6) is 0 Å². The van der Waals surface area contributed by atoms with E-state index in [1.165, 1.54) is 4.90 Å². The van der Waals surface area contributed by atoms with Gasteiger partial charge in [0.1, 0.15) is 11.2 Å². The van der Waals surface area contributed by atoms with Gasteiger partial charge in [-0.3, -0.25) is 0 Å². The Morgan fingerprint density at radius 1 is 0.438 bits per heavy atom. The average Bonchev–Trinajstić information content (AvgIpc) is 3.64. The molecule has 2 nitrogen and oxygen atoms in total. The summed E-state index contributed by atoms with van der Waals surface area (Å²) in [5, 5.41) is 3.77. The quantitative estimate of drug-likeness (QED) is 0.183. The van der Waals surface area contributed by atoms with E-state index in [-0.39, 0.29) is 34.7 Å². The molecule has 0 N–H and O–H groups in total. The molecule has 1 heterocycles. The van der Waals surface area contributed by atoms with Gasteiger partial charge in [0.05, 0.1) is 12.3 Å². The number of fused-ring (bicyclic) bond motifs is 5. The Labute approximate surface area is 292 Å². The molecule has 9 aromatic rings. The second-order valence-electron chi connectivity index (χ2n) is 11.5. The summed E-state index contributed by atoms with van der Waals surface area (Å²) in [4.78, 5) is 1.26. The number of benzene rings is 8. The van der Waals surface area contributed by atoms with Crippen LogP contribution in [0.1, 0.15) is 12.3 Å². The highest BCUT2D eigenvalue weighted by molar-refractivity contribution is 6.19. The Hall–Kier alpha value is -6.38. The molecule has 0 unspecified atom stereocenters. The second-order valence-corrected chi connectivity index (χ2v) is 11.5. The van der Waals surface area contributed by atoms with Crippen LogP contribution < -0.4 is 4.90 Å². The molecule has 0 saturated heterocycles. The monoisotopic (exact) mass is 622 g/mol. The van der Waals surface area contributed by atoms with Gasteiger partial charge in [0.2, 0.25) is 0 Å². The van der Waals surface area contributed by atoms with E-state index in [1.807, 2.05) is 103 Å². The van der Waals surface area contributed by atoms with Crippen molar-refractivity contribution in [1.29, 1.82) is 0 Å². The number of nitrogens with zero attached hydrogens (tertiary/aromatic N) is 1. The maximum Gasteiger partial charge on any atom is 0.143 e. The zero-order valence-electron chi connectivity index (χ0n) is 34.6. The topological polar surface area (TPSA) is 16.4 Å². The van der Waals surface area contributed by atoms with E-state index in [0.717, 1.165) is 43.8 Å². The predicted octanol–water partition coefficient (Wildman–Crippen LogP) is 13.2. The molecule has 0 amide bonds. The van der Waals surface area contributed by atoms with Crippen LogP contribution in [0.4, 0.5) is 17.1 Å². The molecular formula is C46H31NO. The van der Waals surface area contributed by atoms with Crippen LogP contribution in [-0.2, 0) is 0 Å². The van der Waals surface area contributed by atoms with Gasteiger partial charge >= 0.3 is 0 Å². The van der Waals surface area contributed by atoms with Gasteiger partial charge in [-0.2, -0.15) is 0 Å². The lowest BCUT2D eigenvalue weighted by molar-refractivity contribution is 0.673. The van der Waals surface area contributed by atoms with Crippen molar-refractivity contribution in [2.45, 2.75) is 0 Å². The predicted molar refractivity (Wildman–Crippen MR) is 202 cm³/mol. The Bertz CT molecular complexity index is 3010. The third kappa shape index (κ3) is 4.92. The van der Waals surface area contributed by atoms with Crippen LogP contribution in [0.15, 0.2) is 192 Å². The van der Waals surface area contributed by atoms with Crippen LogP contribution in [0.25, 0.3) is 66.1 Å². The van der Waals surface area contributed by atoms with Gasteiger partial charge in [0.15, 0.2) is 0 Å². The van der Waals surface area contributed by atoms with Gasteiger partial charge in [-0.1, -0.05) is 139 Å². The first-order valence-corrected chi connectivity index (χ1v) is 15.6. The van der Waals surface area contributed by atoms with Crippen molar-refractivity contribution in [2.24, 2.45) is 0 Å². The molecule has 0 aliphatic heterocycles. The zero-order valence-corrected chi connectivity index (χ0v) is 25.6. The van der Waals surface area contributed by atoms with Crippen LogP contribution in [-0.4, -0.2) is 0 Å². The van der Waals surface area contributed by atoms with Crippen LogP contribution in [0.3, 0.4) is 0 Å². The van der Waals surface area contributed by atoms with E-state index < -0.39 is 42.3 Å². The fraction of sp³-hybridized carbons (Fsp3) is 0. The SMILES string of the molecule is [2H]c1c([2H])c([2H])c(N(c2cccc(-c3cccc4oc5c6ccccc6ccc5c34)c2)c2c([2H])c([2H])c(-c3ccc(-c4ccccc4)cc3)c([2H])c2[2H])c([2H])c1[2H]. The van der Waals surface area contributed by atoms with Crippen molar-refractivity contribution in [1.82, 2.24) is 0 Å². The fourth-order valence-corrected chi connectivity index (χ4v) is 6.35. The van der Waals surface area contributed by atoms with E-state index in [0.29, 0.717) is 16.7 Å². The molecule has 2 heteroatoms. The lowest BCUT2D eigenvalue weighted by atomic mass is 9.97. The summed E-state index contributed by atoms with van der Waals surface area (Å²) in [7, 11) is 0. The normalized spacial score (nSPS) is 14.0. The van der Waals surface area contributed by atoms with E-state index in [1.54, 1.807) is 30.3 Å². The highest BCUT2D eigenvalue weighted by Crippen LogP contribution is 2.42. The lowest BCUT2D eigenvalue weighted by Gasteiger charge is -2.26. The van der Waals surface area contributed by atoms with Gasteiger partial charge < -0.3 is 9.32 Å². The molecule has 0 atom stereocenters. The molecule has 0 aliphatic rings. The van der Waals surface area contributed by atoms with E-state index >= 15 is 0 Å². The van der Waals surface area contributed by atoms with E-state index in [4.69, 9.17) is 11.3 Å². The summed E-state index contributed by atoms with van der Waals surface area (Å²) in [6.45, 7) is 0. The number of para-hydroxylation sites is 1. The van der Waals surface area contributed by atoms with E-state index in [2.05, 4.69) is 0 Å². The van der Waals surface area contributed by atoms with Gasteiger partial charge in [-0.05, 0) is 87.2 Å². The van der Waals surface area contributed by atoms with Gasteiger partial charge in [0.25, 0.3) is 0 Å². The van der Waals surface area contributed by atoms with Crippen molar-refractivity contribution < 1.29 is 16.8 Å². The van der Waals surface area contributed by atoms with Crippen LogP contribution >= 0.6 is 0 Å². The lowest BCUT2D eigenvalue weighted by Crippen LogP contribution is -2.09. The summed E-state index contributed by atoms with van der Waals surface area (Å²) in [5.41, 5.74) is 5.06. The number of furan rings is 1. The molecule has 0 saturated carbocycles. The number of hydrogen-bond donors (Lipinski definition) is 0. The molecule has 9 rings (SSSR count). The van der Waals surface area contributed by atoms with Crippen molar-refractivity contribution >= 4 is 49.8 Å². The average molecular weight is 623 g/mol. The summed E-state index contributed by atoms with van der Waals surface area (Å²) in [5.74, 6) is 0. The molecule has 0 fully saturated rings. The molecule has 226 valence electrons. The van der Waals surface area contributed by atoms with Crippen molar-refractivity contribution in [2.75, 3.05) is 4.90 Å². The van der Waals surface area contributed by atoms with Crippen LogP contribution in [0, 0.1) is 0 Å². The first-order valence-electron chi connectivity index (χ1n) is 20.1. The fourth-order valence-electron chi connectivity index (χ4n) is 6.35. The smallest absolute Gasteiger partial charge is 0.143 e. The van der Waals surface area contributed by atoms with Crippen molar-refractivity contribution in [3.63, 3.8) is 0 Å². The molecule has 1 aromatic heterocycles. The Kier molecular flexibility index (Phi) is 4.90. The highest BCUT2D eigenvalue weighted by atomic mass is 16.3. The highest BCUT2D eigenvalue weighted by Gasteiger charge is 2.17. The first-order chi connectivity index (χ1) is 27.5. The Morgan fingerprint density at radius 2 is 1.10 bits per heavy atom. The maximum absolute atomic E-state index is 9.38. The molecule has 0 aliphatic carbocycles. The van der Waals surface area contributed by atoms with Crippen molar-refractivity contribution in [3.8, 4) is 33.4 Å². The minimum absolute atomic E-state index is 0.0779. The summed E-state index contributed by atoms with van der Waals surface area (Å²) < 4.78 is 87.0. The molecule has 48 heavy (non-hydrogen) atoms. The third-order valence-corrected chi connectivity index (χ3v) is 8.63. The second kappa shape index (κ2) is 11.8.